The number of thiophene rings is 1. The van der Waals surface area contributed by atoms with Crippen LogP contribution in [-0.4, -0.2) is 20.7 Å². The lowest BCUT2D eigenvalue weighted by Crippen LogP contribution is -2.00. The molecule has 2 rings (SSSR count). The van der Waals surface area contributed by atoms with Crippen molar-refractivity contribution in [1.82, 2.24) is 9.59 Å². The van der Waals surface area contributed by atoms with E-state index >= 15 is 0 Å². The molecule has 0 spiro atoms. The van der Waals surface area contributed by atoms with Crippen LogP contribution in [-0.2, 0) is 13.0 Å². The predicted octanol–water partition coefficient (Wildman–Crippen LogP) is 3.09. The zero-order valence-corrected chi connectivity index (χ0v) is 11.7. The molecule has 2 aromatic rings. The Bertz CT molecular complexity index is 567. The van der Waals surface area contributed by atoms with Crippen LogP contribution in [0.2, 0.25) is 4.34 Å². The molecule has 0 fully saturated rings. The largest absolute Gasteiger partial charge is 0.485 e. The predicted molar refractivity (Wildman–Crippen MR) is 69.9 cm³/mol. The molecule has 96 valence electrons. The Balaban J connectivity index is 2.16. The topological polar surface area (TPSA) is 72.3 Å². The van der Waals surface area contributed by atoms with Crippen LogP contribution in [0, 0.1) is 0 Å². The Morgan fingerprint density at radius 3 is 2.94 bits per heavy atom. The minimum absolute atomic E-state index is 0.121. The van der Waals surface area contributed by atoms with Gasteiger partial charge in [-0.15, -0.1) is 16.4 Å². The summed E-state index contributed by atoms with van der Waals surface area (Å²) in [6.45, 7) is 2.08. The van der Waals surface area contributed by atoms with Crippen LogP contribution in [0.1, 0.15) is 27.2 Å². The zero-order chi connectivity index (χ0) is 13.1. The van der Waals surface area contributed by atoms with Crippen molar-refractivity contribution in [3.05, 3.63) is 25.9 Å². The highest BCUT2D eigenvalue weighted by molar-refractivity contribution is 7.14. The molecule has 5 nitrogen and oxygen atoms in total. The second-order valence-electron chi connectivity index (χ2n) is 3.35. The van der Waals surface area contributed by atoms with Gasteiger partial charge in [0, 0.05) is 16.4 Å². The lowest BCUT2D eigenvalue weighted by molar-refractivity contribution is 0.0697. The molecule has 0 saturated carbocycles. The van der Waals surface area contributed by atoms with Gasteiger partial charge in [-0.1, -0.05) is 23.0 Å². The molecule has 8 heteroatoms. The molecule has 0 aliphatic rings. The third-order valence-electron chi connectivity index (χ3n) is 2.17. The second kappa shape index (κ2) is 5.64. The first-order valence-electron chi connectivity index (χ1n) is 5.07. The quantitative estimate of drug-likeness (QED) is 0.919. The standard InChI is InChI=1S/C10H9ClN2O3S2/c1-2-5-3-7(8(17-5)10(14)15)16-4-6-9(11)18-13-12-6/h3H,2,4H2,1H3,(H,14,15). The van der Waals surface area contributed by atoms with Gasteiger partial charge < -0.3 is 9.84 Å². The Kier molecular flexibility index (Phi) is 4.15. The third-order valence-corrected chi connectivity index (χ3v) is 4.40. The van der Waals surface area contributed by atoms with Crippen molar-refractivity contribution in [2.45, 2.75) is 20.0 Å². The number of halogens is 1. The van der Waals surface area contributed by atoms with Gasteiger partial charge in [-0.3, -0.25) is 0 Å². The lowest BCUT2D eigenvalue weighted by atomic mass is 10.3. The molecule has 1 N–H and O–H groups in total. The van der Waals surface area contributed by atoms with Crippen molar-refractivity contribution in [3.8, 4) is 5.75 Å². The molecule has 0 saturated heterocycles. The fourth-order valence-corrected chi connectivity index (χ4v) is 2.76. The fraction of sp³-hybridized carbons (Fsp3) is 0.300. The van der Waals surface area contributed by atoms with Crippen molar-refractivity contribution < 1.29 is 14.6 Å². The van der Waals surface area contributed by atoms with Gasteiger partial charge in [0.25, 0.3) is 0 Å². The van der Waals surface area contributed by atoms with Gasteiger partial charge in [-0.05, 0) is 12.5 Å². The molecule has 0 aliphatic carbocycles. The van der Waals surface area contributed by atoms with Crippen LogP contribution in [0.4, 0.5) is 0 Å². The number of ether oxygens (including phenoxy) is 1. The number of nitrogens with zero attached hydrogens (tertiary/aromatic N) is 2. The van der Waals surface area contributed by atoms with Gasteiger partial charge in [-0.25, -0.2) is 4.79 Å². The van der Waals surface area contributed by atoms with Crippen LogP contribution < -0.4 is 4.74 Å². The summed E-state index contributed by atoms with van der Waals surface area (Å²) in [6, 6.07) is 1.74. The monoisotopic (exact) mass is 304 g/mol. The summed E-state index contributed by atoms with van der Waals surface area (Å²) in [4.78, 5) is 12.2. The van der Waals surface area contributed by atoms with E-state index in [0.717, 1.165) is 22.8 Å². The van der Waals surface area contributed by atoms with E-state index in [4.69, 9.17) is 21.4 Å². The van der Waals surface area contributed by atoms with E-state index in [2.05, 4.69) is 9.59 Å². The van der Waals surface area contributed by atoms with Crippen LogP contribution in [0.25, 0.3) is 0 Å². The maximum absolute atomic E-state index is 11.1. The molecular weight excluding hydrogens is 296 g/mol. The Morgan fingerprint density at radius 1 is 1.61 bits per heavy atom. The number of hydrogen-bond acceptors (Lipinski definition) is 6. The zero-order valence-electron chi connectivity index (χ0n) is 9.34. The summed E-state index contributed by atoms with van der Waals surface area (Å²) in [7, 11) is 0. The summed E-state index contributed by atoms with van der Waals surface area (Å²) in [5.74, 6) is -0.634. The Hall–Kier alpha value is -1.18. The lowest BCUT2D eigenvalue weighted by Gasteiger charge is -2.02. The van der Waals surface area contributed by atoms with E-state index in [1.165, 1.54) is 11.3 Å². The highest BCUT2D eigenvalue weighted by atomic mass is 35.5. The van der Waals surface area contributed by atoms with Gasteiger partial charge in [0.15, 0.2) is 4.88 Å². The number of carboxylic acids is 1. The molecule has 0 aliphatic heterocycles. The number of aromatic nitrogens is 2. The van der Waals surface area contributed by atoms with Gasteiger partial charge in [0.2, 0.25) is 0 Å². The van der Waals surface area contributed by atoms with Crippen LogP contribution >= 0.6 is 34.5 Å². The first-order valence-corrected chi connectivity index (χ1v) is 7.04. The van der Waals surface area contributed by atoms with Crippen molar-refractivity contribution in [3.63, 3.8) is 0 Å². The molecule has 0 amide bonds. The number of carbonyl (C=O) groups is 1. The summed E-state index contributed by atoms with van der Waals surface area (Å²) >= 11 is 8.13. The molecule has 2 heterocycles. The van der Waals surface area contributed by atoms with Crippen LogP contribution in [0.3, 0.4) is 0 Å². The number of rotatable bonds is 5. The average Bonchev–Trinajstić information content (AvgIpc) is 2.92. The normalized spacial score (nSPS) is 10.6. The van der Waals surface area contributed by atoms with E-state index in [1.807, 2.05) is 6.92 Å². The first kappa shape index (κ1) is 13.3. The maximum Gasteiger partial charge on any atom is 0.349 e. The molecule has 0 radical (unpaired) electrons. The molecule has 18 heavy (non-hydrogen) atoms. The first-order chi connectivity index (χ1) is 8.61. The smallest absolute Gasteiger partial charge is 0.349 e. The highest BCUT2D eigenvalue weighted by Gasteiger charge is 2.17. The van der Waals surface area contributed by atoms with Crippen molar-refractivity contribution in [2.75, 3.05) is 0 Å². The molecule has 2 aromatic heterocycles. The Labute approximate surface area is 116 Å². The van der Waals surface area contributed by atoms with E-state index in [1.54, 1.807) is 6.07 Å². The maximum atomic E-state index is 11.1. The summed E-state index contributed by atoms with van der Waals surface area (Å²) in [5, 5.41) is 12.9. The average molecular weight is 305 g/mol. The van der Waals surface area contributed by atoms with Gasteiger partial charge in [0.05, 0.1) is 0 Å². The van der Waals surface area contributed by atoms with Crippen molar-refractivity contribution >= 4 is 40.4 Å². The molecular formula is C10H9ClN2O3S2. The molecule has 0 bridgehead atoms. The van der Waals surface area contributed by atoms with E-state index < -0.39 is 5.97 Å². The SMILES string of the molecule is CCc1cc(OCc2nnsc2Cl)c(C(=O)O)s1. The minimum atomic E-state index is -0.989. The molecule has 0 aromatic carbocycles. The minimum Gasteiger partial charge on any atom is -0.485 e. The van der Waals surface area contributed by atoms with Crippen LogP contribution in [0.5, 0.6) is 5.75 Å². The van der Waals surface area contributed by atoms with E-state index in [9.17, 15) is 4.79 Å². The summed E-state index contributed by atoms with van der Waals surface area (Å²) in [6.07, 6.45) is 0.771. The van der Waals surface area contributed by atoms with Crippen molar-refractivity contribution in [1.29, 1.82) is 0 Å². The number of hydrogen-bond donors (Lipinski definition) is 1. The van der Waals surface area contributed by atoms with E-state index in [-0.39, 0.29) is 11.5 Å². The number of aromatic carboxylic acids is 1. The Morgan fingerprint density at radius 2 is 2.39 bits per heavy atom. The molecule has 0 atom stereocenters. The number of carboxylic acid groups (broad SMARTS) is 1. The van der Waals surface area contributed by atoms with Crippen molar-refractivity contribution in [2.24, 2.45) is 0 Å². The number of aryl methyl sites for hydroxylation is 1. The van der Waals surface area contributed by atoms with Gasteiger partial charge in [0.1, 0.15) is 22.4 Å². The van der Waals surface area contributed by atoms with E-state index in [0.29, 0.717) is 15.8 Å². The fourth-order valence-electron chi connectivity index (χ4n) is 1.28. The summed E-state index contributed by atoms with van der Waals surface area (Å²) in [5.41, 5.74) is 0.516. The third kappa shape index (κ3) is 2.80. The highest BCUT2D eigenvalue weighted by Crippen LogP contribution is 2.31. The van der Waals surface area contributed by atoms with Gasteiger partial charge >= 0.3 is 5.97 Å². The van der Waals surface area contributed by atoms with Crippen LogP contribution in [0.15, 0.2) is 6.07 Å². The second-order valence-corrected chi connectivity index (χ2v) is 5.84. The summed E-state index contributed by atoms with van der Waals surface area (Å²) < 4.78 is 9.59. The molecule has 0 unspecified atom stereocenters. The van der Waals surface area contributed by atoms with Gasteiger partial charge in [-0.2, -0.15) is 0 Å².